The number of hydrogen-bond donors (Lipinski definition) is 2. The molecule has 126 valence electrons. The van der Waals surface area contributed by atoms with Gasteiger partial charge < -0.3 is 5.32 Å². The van der Waals surface area contributed by atoms with Crippen molar-refractivity contribution in [2.75, 3.05) is 0 Å². The summed E-state index contributed by atoms with van der Waals surface area (Å²) in [6.45, 7) is 1.66. The number of nitrogens with one attached hydrogen (secondary N) is 2. The summed E-state index contributed by atoms with van der Waals surface area (Å²) in [5, 5.41) is 8.49. The van der Waals surface area contributed by atoms with Crippen molar-refractivity contribution in [2.45, 2.75) is 45.2 Å². The Morgan fingerprint density at radius 3 is 2.74 bits per heavy atom. The maximum atomic E-state index is 11.9. The highest BCUT2D eigenvalue weighted by Crippen LogP contribution is 2.23. The number of hydrogen-bond acceptors (Lipinski definition) is 4. The lowest BCUT2D eigenvalue weighted by molar-refractivity contribution is -0.120. The first kappa shape index (κ1) is 17.7. The Morgan fingerprint density at radius 2 is 2.04 bits per heavy atom. The highest BCUT2D eigenvalue weighted by molar-refractivity contribution is 6.41. The van der Waals surface area contributed by atoms with Crippen LogP contribution in [0.15, 0.2) is 11.0 Å². The van der Waals surface area contributed by atoms with Gasteiger partial charge in [0.25, 0.3) is 5.56 Å². The summed E-state index contributed by atoms with van der Waals surface area (Å²) < 4.78 is 0.847. The van der Waals surface area contributed by atoms with E-state index in [2.05, 4.69) is 22.7 Å². The molecule has 0 radical (unpaired) electrons. The van der Waals surface area contributed by atoms with Crippen LogP contribution in [-0.2, 0) is 11.3 Å². The van der Waals surface area contributed by atoms with Crippen LogP contribution in [0.4, 0.5) is 4.79 Å². The smallest absolute Gasteiger partial charge is 0.321 e. The summed E-state index contributed by atoms with van der Waals surface area (Å²) in [4.78, 5) is 35.5. The fourth-order valence-electron chi connectivity index (χ4n) is 2.59. The predicted octanol–water partition coefficient (Wildman–Crippen LogP) is 1.95. The Bertz CT molecular complexity index is 662. The van der Waals surface area contributed by atoms with E-state index in [1.54, 1.807) is 0 Å². The summed E-state index contributed by atoms with van der Waals surface area (Å²) in [7, 11) is 0. The summed E-state index contributed by atoms with van der Waals surface area (Å²) >= 11 is 11.4. The number of rotatable bonds is 3. The molecule has 1 aromatic heterocycles. The standard InChI is InChI=1S/C14H18Cl2N4O3/c1-8-4-2-3-5-10(8)18-14(23)19-11(21)7-20-13(22)12(16)9(15)6-17-20/h6,8,10H,2-5,7H2,1H3,(H2,18,19,21,23)/t8-,10+/m1/s1. The number of urea groups is 1. The maximum Gasteiger partial charge on any atom is 0.321 e. The molecule has 1 fully saturated rings. The number of halogens is 2. The third-order valence-electron chi connectivity index (χ3n) is 3.92. The lowest BCUT2D eigenvalue weighted by Gasteiger charge is -2.29. The molecular formula is C14H18Cl2N4O3. The van der Waals surface area contributed by atoms with Crippen LogP contribution in [0, 0.1) is 5.92 Å². The Morgan fingerprint density at radius 1 is 1.35 bits per heavy atom. The van der Waals surface area contributed by atoms with E-state index in [1.165, 1.54) is 6.20 Å². The third-order valence-corrected chi connectivity index (χ3v) is 4.67. The van der Waals surface area contributed by atoms with Crippen LogP contribution in [0.2, 0.25) is 10.0 Å². The molecule has 0 aromatic carbocycles. The van der Waals surface area contributed by atoms with E-state index in [4.69, 9.17) is 23.2 Å². The van der Waals surface area contributed by atoms with Crippen LogP contribution in [-0.4, -0.2) is 27.8 Å². The van der Waals surface area contributed by atoms with Crippen LogP contribution >= 0.6 is 23.2 Å². The van der Waals surface area contributed by atoms with Gasteiger partial charge in [-0.3, -0.25) is 14.9 Å². The van der Waals surface area contributed by atoms with E-state index < -0.39 is 24.0 Å². The Kier molecular flexibility index (Phi) is 6.01. The molecule has 1 aliphatic carbocycles. The third kappa shape index (κ3) is 4.68. The molecule has 3 amide bonds. The first-order valence-electron chi connectivity index (χ1n) is 7.40. The molecule has 2 rings (SSSR count). The van der Waals surface area contributed by atoms with Gasteiger partial charge in [-0.15, -0.1) is 0 Å². The fourth-order valence-corrected chi connectivity index (χ4v) is 2.87. The Balaban J connectivity index is 1.90. The molecular weight excluding hydrogens is 343 g/mol. The highest BCUT2D eigenvalue weighted by atomic mass is 35.5. The first-order valence-corrected chi connectivity index (χ1v) is 8.15. The zero-order valence-electron chi connectivity index (χ0n) is 12.6. The quantitative estimate of drug-likeness (QED) is 0.861. The van der Waals surface area contributed by atoms with Gasteiger partial charge in [0.15, 0.2) is 0 Å². The molecule has 1 aliphatic rings. The van der Waals surface area contributed by atoms with Gasteiger partial charge in [0.2, 0.25) is 5.91 Å². The van der Waals surface area contributed by atoms with Crippen molar-refractivity contribution in [1.29, 1.82) is 0 Å². The second-order valence-electron chi connectivity index (χ2n) is 5.66. The van der Waals surface area contributed by atoms with Crippen LogP contribution in [0.3, 0.4) is 0 Å². The Hall–Kier alpha value is -1.60. The van der Waals surface area contributed by atoms with Gasteiger partial charge in [-0.25, -0.2) is 9.48 Å². The van der Waals surface area contributed by atoms with Gasteiger partial charge in [-0.2, -0.15) is 5.10 Å². The molecule has 1 heterocycles. The minimum atomic E-state index is -0.685. The Labute approximate surface area is 143 Å². The molecule has 2 N–H and O–H groups in total. The van der Waals surface area contributed by atoms with Gasteiger partial charge in [0.05, 0.1) is 11.2 Å². The average molecular weight is 361 g/mol. The summed E-state index contributed by atoms with van der Waals surface area (Å²) in [6, 6.07) is -0.510. The lowest BCUT2D eigenvalue weighted by Crippen LogP contribution is -2.48. The van der Waals surface area contributed by atoms with Gasteiger partial charge in [-0.1, -0.05) is 43.0 Å². The highest BCUT2D eigenvalue weighted by Gasteiger charge is 2.23. The van der Waals surface area contributed by atoms with Crippen LogP contribution in [0.1, 0.15) is 32.6 Å². The van der Waals surface area contributed by atoms with Crippen LogP contribution in [0.5, 0.6) is 0 Å². The SMILES string of the molecule is C[C@@H]1CCCC[C@@H]1NC(=O)NC(=O)Cn1ncc(Cl)c(Cl)c1=O. The number of aromatic nitrogens is 2. The van der Waals surface area contributed by atoms with Crippen molar-refractivity contribution < 1.29 is 9.59 Å². The number of carbonyl (C=O) groups excluding carboxylic acids is 2. The molecule has 0 spiro atoms. The average Bonchev–Trinajstić information content (AvgIpc) is 2.50. The normalized spacial score (nSPS) is 20.8. The molecule has 0 aliphatic heterocycles. The molecule has 0 bridgehead atoms. The fraction of sp³-hybridized carbons (Fsp3) is 0.571. The van der Waals surface area contributed by atoms with E-state index in [0.717, 1.165) is 30.4 Å². The lowest BCUT2D eigenvalue weighted by atomic mass is 9.86. The van der Waals surface area contributed by atoms with Crippen molar-refractivity contribution in [2.24, 2.45) is 5.92 Å². The van der Waals surface area contributed by atoms with E-state index in [1.807, 2.05) is 0 Å². The number of amides is 3. The molecule has 23 heavy (non-hydrogen) atoms. The van der Waals surface area contributed by atoms with Crippen molar-refractivity contribution in [3.63, 3.8) is 0 Å². The van der Waals surface area contributed by atoms with E-state index in [0.29, 0.717) is 5.92 Å². The topological polar surface area (TPSA) is 93.1 Å². The van der Waals surface area contributed by atoms with Crippen LogP contribution < -0.4 is 16.2 Å². The maximum absolute atomic E-state index is 11.9. The summed E-state index contributed by atoms with van der Waals surface area (Å²) in [6.07, 6.45) is 5.35. The number of nitrogens with zero attached hydrogens (tertiary/aromatic N) is 2. The number of carbonyl (C=O) groups is 2. The van der Waals surface area contributed by atoms with Crippen molar-refractivity contribution in [3.8, 4) is 0 Å². The molecule has 7 nitrogen and oxygen atoms in total. The second-order valence-corrected chi connectivity index (χ2v) is 6.44. The van der Waals surface area contributed by atoms with Gasteiger partial charge in [0, 0.05) is 6.04 Å². The molecule has 2 atom stereocenters. The monoisotopic (exact) mass is 360 g/mol. The molecule has 1 saturated carbocycles. The van der Waals surface area contributed by atoms with Gasteiger partial charge in [-0.05, 0) is 18.8 Å². The predicted molar refractivity (Wildman–Crippen MR) is 86.6 cm³/mol. The van der Waals surface area contributed by atoms with Crippen molar-refractivity contribution in [3.05, 3.63) is 26.6 Å². The molecule has 1 aromatic rings. The van der Waals surface area contributed by atoms with Gasteiger partial charge >= 0.3 is 6.03 Å². The van der Waals surface area contributed by atoms with Crippen molar-refractivity contribution in [1.82, 2.24) is 20.4 Å². The summed E-state index contributed by atoms with van der Waals surface area (Å²) in [5.74, 6) is -0.275. The number of imide groups is 1. The molecule has 0 unspecified atom stereocenters. The first-order chi connectivity index (χ1) is 10.9. The zero-order valence-corrected chi connectivity index (χ0v) is 14.2. The van der Waals surface area contributed by atoms with E-state index >= 15 is 0 Å². The van der Waals surface area contributed by atoms with E-state index in [-0.39, 0.29) is 16.1 Å². The largest absolute Gasteiger partial charge is 0.335 e. The second kappa shape index (κ2) is 7.79. The summed E-state index contributed by atoms with van der Waals surface area (Å²) in [5.41, 5.74) is -0.685. The van der Waals surface area contributed by atoms with Crippen LogP contribution in [0.25, 0.3) is 0 Å². The van der Waals surface area contributed by atoms with E-state index in [9.17, 15) is 14.4 Å². The zero-order chi connectivity index (χ0) is 17.0. The minimum Gasteiger partial charge on any atom is -0.335 e. The van der Waals surface area contributed by atoms with Gasteiger partial charge in [0.1, 0.15) is 11.6 Å². The van der Waals surface area contributed by atoms with Crippen molar-refractivity contribution >= 4 is 35.1 Å². The molecule has 9 heteroatoms. The molecule has 0 saturated heterocycles. The minimum absolute atomic E-state index is 0.0114.